The van der Waals surface area contributed by atoms with Gasteiger partial charge in [0.05, 0.1) is 0 Å². The van der Waals surface area contributed by atoms with E-state index in [2.05, 4.69) is 13.2 Å². The molecule has 34 heavy (non-hydrogen) atoms. The Morgan fingerprint density at radius 1 is 0.647 bits per heavy atom. The lowest BCUT2D eigenvalue weighted by atomic mass is 9.99. The number of ether oxygens (including phenoxy) is 3. The van der Waals surface area contributed by atoms with Crippen LogP contribution in [-0.4, -0.2) is 24.5 Å². The van der Waals surface area contributed by atoms with E-state index in [4.69, 9.17) is 14.2 Å². The molecular weight excluding hydrogens is 432 g/mol. The van der Waals surface area contributed by atoms with Gasteiger partial charge in [0.1, 0.15) is 11.5 Å². The number of hydrogen-bond donors (Lipinski definition) is 0. The molecule has 0 radical (unpaired) electrons. The first-order valence-corrected chi connectivity index (χ1v) is 10.4. The minimum Gasteiger partial charge on any atom is -0.450 e. The normalized spacial score (nSPS) is 10.2. The van der Waals surface area contributed by atoms with Crippen molar-refractivity contribution in [3.63, 3.8) is 0 Å². The Kier molecular flexibility index (Phi) is 7.77. The Balaban J connectivity index is 1.67. The Hall–Kier alpha value is -4.45. The van der Waals surface area contributed by atoms with Gasteiger partial charge in [-0.05, 0) is 66.4 Å². The van der Waals surface area contributed by atoms with E-state index < -0.39 is 24.5 Å². The average Bonchev–Trinajstić information content (AvgIpc) is 2.83. The van der Waals surface area contributed by atoms with Crippen LogP contribution >= 0.6 is 0 Å². The molecule has 0 spiro atoms. The fourth-order valence-electron chi connectivity index (χ4n) is 2.91. The minimum absolute atomic E-state index is 0.210. The maximum Gasteiger partial charge on any atom is 0.349 e. The molecule has 0 bridgehead atoms. The van der Waals surface area contributed by atoms with E-state index in [0.717, 1.165) is 22.3 Å². The van der Waals surface area contributed by atoms with Crippen LogP contribution in [0.1, 0.15) is 13.8 Å². The molecule has 0 fully saturated rings. The average molecular weight is 456 g/mol. The molecule has 0 aliphatic rings. The second-order valence-electron chi connectivity index (χ2n) is 7.63. The Labute approximate surface area is 198 Å². The van der Waals surface area contributed by atoms with E-state index in [1.807, 2.05) is 48.5 Å². The summed E-state index contributed by atoms with van der Waals surface area (Å²) in [6.45, 7) is 9.64. The van der Waals surface area contributed by atoms with Gasteiger partial charge in [-0.2, -0.15) is 0 Å². The third-order valence-corrected chi connectivity index (χ3v) is 4.70. The van der Waals surface area contributed by atoms with Gasteiger partial charge in [-0.3, -0.25) is 0 Å². The van der Waals surface area contributed by atoms with Crippen LogP contribution in [0, 0.1) is 0 Å². The van der Waals surface area contributed by atoms with Crippen molar-refractivity contribution in [3.8, 4) is 33.8 Å². The smallest absolute Gasteiger partial charge is 0.349 e. The van der Waals surface area contributed by atoms with Gasteiger partial charge in [0, 0.05) is 11.1 Å². The molecule has 0 aromatic heterocycles. The topological polar surface area (TPSA) is 78.9 Å². The van der Waals surface area contributed by atoms with Gasteiger partial charge >= 0.3 is 17.9 Å². The summed E-state index contributed by atoms with van der Waals surface area (Å²) in [5.41, 5.74) is 4.41. The predicted molar refractivity (Wildman–Crippen MR) is 129 cm³/mol. The predicted octanol–water partition coefficient (Wildman–Crippen LogP) is 5.53. The highest BCUT2D eigenvalue weighted by Gasteiger charge is 2.11. The summed E-state index contributed by atoms with van der Waals surface area (Å²) in [6, 6.07) is 22.2. The molecular formula is C28H24O6. The molecule has 0 amide bonds. The van der Waals surface area contributed by atoms with Crippen LogP contribution in [0.2, 0.25) is 0 Å². The molecule has 0 saturated carbocycles. The van der Waals surface area contributed by atoms with Crippen LogP contribution in [0.5, 0.6) is 11.5 Å². The Morgan fingerprint density at radius 2 is 1.12 bits per heavy atom. The quantitative estimate of drug-likeness (QED) is 0.252. The molecule has 3 aromatic rings. The summed E-state index contributed by atoms with van der Waals surface area (Å²) in [5, 5.41) is 0. The van der Waals surface area contributed by atoms with Gasteiger partial charge in [-0.25, -0.2) is 14.4 Å². The van der Waals surface area contributed by atoms with Crippen LogP contribution < -0.4 is 9.47 Å². The van der Waals surface area contributed by atoms with Crippen molar-refractivity contribution in [2.24, 2.45) is 0 Å². The lowest BCUT2D eigenvalue weighted by Gasteiger charge is -2.09. The maximum atomic E-state index is 11.9. The van der Waals surface area contributed by atoms with Crippen LogP contribution in [-0.2, 0) is 19.1 Å². The highest BCUT2D eigenvalue weighted by atomic mass is 16.6. The van der Waals surface area contributed by atoms with E-state index in [1.54, 1.807) is 31.2 Å². The summed E-state index contributed by atoms with van der Waals surface area (Å²) in [4.78, 5) is 34.9. The molecule has 172 valence electrons. The molecule has 0 aliphatic heterocycles. The first kappa shape index (κ1) is 24.2. The summed E-state index contributed by atoms with van der Waals surface area (Å²) in [5.74, 6) is -0.989. The van der Waals surface area contributed by atoms with Crippen molar-refractivity contribution in [1.82, 2.24) is 0 Å². The third kappa shape index (κ3) is 6.53. The zero-order valence-electron chi connectivity index (χ0n) is 19.0. The lowest BCUT2D eigenvalue weighted by Crippen LogP contribution is -2.18. The summed E-state index contributed by atoms with van der Waals surface area (Å²) < 4.78 is 15.2. The van der Waals surface area contributed by atoms with Crippen molar-refractivity contribution in [1.29, 1.82) is 0 Å². The van der Waals surface area contributed by atoms with Crippen molar-refractivity contribution in [2.75, 3.05) is 6.61 Å². The third-order valence-electron chi connectivity index (χ3n) is 4.70. The molecule has 0 saturated heterocycles. The van der Waals surface area contributed by atoms with Crippen molar-refractivity contribution >= 4 is 17.9 Å². The highest BCUT2D eigenvalue weighted by Crippen LogP contribution is 2.29. The number of hydrogen-bond acceptors (Lipinski definition) is 6. The second kappa shape index (κ2) is 10.9. The van der Waals surface area contributed by atoms with E-state index in [9.17, 15) is 14.4 Å². The van der Waals surface area contributed by atoms with Crippen LogP contribution in [0.3, 0.4) is 0 Å². The van der Waals surface area contributed by atoms with E-state index in [-0.39, 0.29) is 5.57 Å². The van der Waals surface area contributed by atoms with Crippen molar-refractivity contribution in [2.45, 2.75) is 13.8 Å². The monoisotopic (exact) mass is 456 g/mol. The molecule has 0 unspecified atom stereocenters. The zero-order chi connectivity index (χ0) is 24.7. The van der Waals surface area contributed by atoms with Crippen LogP contribution in [0.15, 0.2) is 97.1 Å². The largest absolute Gasteiger partial charge is 0.450 e. The molecule has 0 heterocycles. The first-order valence-electron chi connectivity index (χ1n) is 10.4. The molecule has 6 nitrogen and oxygen atoms in total. The number of carbonyl (C=O) groups excluding carboxylic acids is 3. The van der Waals surface area contributed by atoms with Gasteiger partial charge in [0.25, 0.3) is 0 Å². The fraction of sp³-hybridized carbons (Fsp3) is 0.107. The van der Waals surface area contributed by atoms with E-state index >= 15 is 0 Å². The molecule has 3 aromatic carbocycles. The highest BCUT2D eigenvalue weighted by molar-refractivity contribution is 5.89. The summed E-state index contributed by atoms with van der Waals surface area (Å²) >= 11 is 0. The SMILES string of the molecule is C=C(C)C(=O)OCC(=O)Oc1ccc(-c2cccc(-c3ccc(OC(=O)C(=C)C)cc3)c2)cc1. The van der Waals surface area contributed by atoms with Gasteiger partial charge in [0.15, 0.2) is 6.61 Å². The molecule has 0 aliphatic carbocycles. The van der Waals surface area contributed by atoms with Gasteiger partial charge in [0.2, 0.25) is 0 Å². The van der Waals surface area contributed by atoms with Gasteiger partial charge in [-0.15, -0.1) is 0 Å². The Bertz CT molecular complexity index is 1240. The van der Waals surface area contributed by atoms with Crippen LogP contribution in [0.25, 0.3) is 22.3 Å². The summed E-state index contributed by atoms with van der Waals surface area (Å²) in [6.07, 6.45) is 0. The second-order valence-corrected chi connectivity index (χ2v) is 7.63. The van der Waals surface area contributed by atoms with Gasteiger partial charge in [-0.1, -0.05) is 55.6 Å². The van der Waals surface area contributed by atoms with Crippen LogP contribution in [0.4, 0.5) is 0 Å². The fourth-order valence-corrected chi connectivity index (χ4v) is 2.91. The van der Waals surface area contributed by atoms with E-state index in [0.29, 0.717) is 17.1 Å². The van der Waals surface area contributed by atoms with Crippen molar-refractivity contribution in [3.05, 3.63) is 97.1 Å². The molecule has 0 N–H and O–H groups in total. The van der Waals surface area contributed by atoms with E-state index in [1.165, 1.54) is 6.92 Å². The maximum absolute atomic E-state index is 11.9. The first-order chi connectivity index (χ1) is 16.2. The Morgan fingerprint density at radius 3 is 1.59 bits per heavy atom. The standard InChI is InChI=1S/C28H24O6/c1-18(2)27(30)32-17-26(29)33-24-12-8-20(9-13-24)22-6-5-7-23(16-22)21-10-14-25(15-11-21)34-28(31)19(3)4/h5-16H,1,3,17H2,2,4H3. The van der Waals surface area contributed by atoms with Crippen molar-refractivity contribution < 1.29 is 28.6 Å². The lowest BCUT2D eigenvalue weighted by molar-refractivity contribution is -0.150. The number of carbonyl (C=O) groups is 3. The number of esters is 3. The molecule has 3 rings (SSSR count). The van der Waals surface area contributed by atoms with Gasteiger partial charge < -0.3 is 14.2 Å². The molecule has 0 atom stereocenters. The number of rotatable bonds is 8. The minimum atomic E-state index is -0.679. The number of benzene rings is 3. The zero-order valence-corrected chi connectivity index (χ0v) is 19.0. The molecule has 6 heteroatoms. The summed E-state index contributed by atoms with van der Waals surface area (Å²) in [7, 11) is 0.